The minimum atomic E-state index is -0.337. The number of rotatable bonds is 4. The van der Waals surface area contributed by atoms with Gasteiger partial charge in [-0.3, -0.25) is 4.79 Å². The fourth-order valence-electron chi connectivity index (χ4n) is 2.55. The number of ether oxygens (including phenoxy) is 1. The van der Waals surface area contributed by atoms with Gasteiger partial charge in [-0.05, 0) is 44.2 Å². The number of para-hydroxylation sites is 1. The third-order valence-electron chi connectivity index (χ3n) is 3.99. The number of hydrogen-bond donors (Lipinski definition) is 2. The summed E-state index contributed by atoms with van der Waals surface area (Å²) < 4.78 is 5.79. The van der Waals surface area contributed by atoms with Gasteiger partial charge < -0.3 is 15.4 Å². The van der Waals surface area contributed by atoms with Crippen molar-refractivity contribution in [2.24, 2.45) is 5.41 Å². The Morgan fingerprint density at radius 1 is 1.13 bits per heavy atom. The first-order valence-electron chi connectivity index (χ1n) is 7.51. The molecule has 2 aromatic rings. The molecular formula is C18H21ClN2O2. The summed E-state index contributed by atoms with van der Waals surface area (Å²) >= 11 is 0. The van der Waals surface area contributed by atoms with Gasteiger partial charge in [0.2, 0.25) is 5.91 Å². The molecule has 3 rings (SSSR count). The molecular weight excluding hydrogens is 312 g/mol. The van der Waals surface area contributed by atoms with Crippen LogP contribution < -0.4 is 15.4 Å². The number of nitrogens with one attached hydrogen (secondary N) is 2. The molecule has 2 N–H and O–H groups in total. The van der Waals surface area contributed by atoms with Crippen LogP contribution in [0.15, 0.2) is 54.6 Å². The summed E-state index contributed by atoms with van der Waals surface area (Å²) in [4.78, 5) is 12.4. The maximum Gasteiger partial charge on any atom is 0.231 e. The fourth-order valence-corrected chi connectivity index (χ4v) is 2.55. The standard InChI is InChI=1S/C18H20N2O2.ClH/c1-18(10-11-19-13-18)17(21)20-14-6-5-9-16(12-14)22-15-7-3-2-4-8-15;/h2-9,12,19H,10-11,13H2,1H3,(H,20,21);1H. The van der Waals surface area contributed by atoms with Crippen LogP contribution in [0.1, 0.15) is 13.3 Å². The quantitative estimate of drug-likeness (QED) is 0.894. The van der Waals surface area contributed by atoms with Crippen LogP contribution in [0.25, 0.3) is 0 Å². The van der Waals surface area contributed by atoms with Crippen LogP contribution in [0.2, 0.25) is 0 Å². The lowest BCUT2D eigenvalue weighted by Gasteiger charge is -2.21. The molecule has 1 unspecified atom stereocenters. The van der Waals surface area contributed by atoms with Crippen LogP contribution in [-0.4, -0.2) is 19.0 Å². The lowest BCUT2D eigenvalue weighted by atomic mass is 9.89. The van der Waals surface area contributed by atoms with Gasteiger partial charge in [0.25, 0.3) is 0 Å². The van der Waals surface area contributed by atoms with E-state index in [1.54, 1.807) is 0 Å². The Morgan fingerprint density at radius 3 is 2.57 bits per heavy atom. The number of carbonyl (C=O) groups excluding carboxylic acids is 1. The Balaban J connectivity index is 0.00000192. The highest BCUT2D eigenvalue weighted by Gasteiger charge is 2.36. The van der Waals surface area contributed by atoms with E-state index in [0.29, 0.717) is 5.75 Å². The van der Waals surface area contributed by atoms with Crippen molar-refractivity contribution < 1.29 is 9.53 Å². The Hall–Kier alpha value is -2.04. The third-order valence-corrected chi connectivity index (χ3v) is 3.99. The number of amides is 1. The third kappa shape index (κ3) is 4.24. The molecule has 0 aromatic heterocycles. The van der Waals surface area contributed by atoms with Crippen molar-refractivity contribution in [3.8, 4) is 11.5 Å². The molecule has 1 saturated heterocycles. The maximum atomic E-state index is 12.4. The van der Waals surface area contributed by atoms with E-state index in [1.165, 1.54) is 0 Å². The average molecular weight is 333 g/mol. The highest BCUT2D eigenvalue weighted by molar-refractivity contribution is 5.95. The normalized spacial score (nSPS) is 19.7. The van der Waals surface area contributed by atoms with Crippen LogP contribution in [0, 0.1) is 5.41 Å². The average Bonchev–Trinajstić information content (AvgIpc) is 2.97. The second-order valence-electron chi connectivity index (χ2n) is 5.88. The van der Waals surface area contributed by atoms with Crippen molar-refractivity contribution >= 4 is 24.0 Å². The van der Waals surface area contributed by atoms with Gasteiger partial charge in [-0.15, -0.1) is 12.4 Å². The summed E-state index contributed by atoms with van der Waals surface area (Å²) in [5.74, 6) is 1.53. The van der Waals surface area contributed by atoms with Crippen LogP contribution in [0.4, 0.5) is 5.69 Å². The van der Waals surface area contributed by atoms with Crippen LogP contribution in [-0.2, 0) is 4.79 Å². The van der Waals surface area contributed by atoms with Gasteiger partial charge in [-0.25, -0.2) is 0 Å². The van der Waals surface area contributed by atoms with Gasteiger partial charge >= 0.3 is 0 Å². The zero-order valence-corrected chi connectivity index (χ0v) is 13.9. The molecule has 0 radical (unpaired) electrons. The van der Waals surface area contributed by atoms with E-state index < -0.39 is 0 Å². The highest BCUT2D eigenvalue weighted by Crippen LogP contribution is 2.28. The number of benzene rings is 2. The second-order valence-corrected chi connectivity index (χ2v) is 5.88. The molecule has 0 bridgehead atoms. The van der Waals surface area contributed by atoms with Gasteiger partial charge in [0, 0.05) is 18.3 Å². The molecule has 1 fully saturated rings. The van der Waals surface area contributed by atoms with Gasteiger partial charge in [0.1, 0.15) is 11.5 Å². The molecule has 5 heteroatoms. The Morgan fingerprint density at radius 2 is 1.87 bits per heavy atom. The molecule has 122 valence electrons. The molecule has 1 atom stereocenters. The summed E-state index contributed by atoms with van der Waals surface area (Å²) in [5.41, 5.74) is 0.419. The summed E-state index contributed by atoms with van der Waals surface area (Å²) in [5, 5.41) is 6.23. The lowest BCUT2D eigenvalue weighted by Crippen LogP contribution is -2.35. The SMILES string of the molecule is CC1(C(=O)Nc2cccc(Oc3ccccc3)c2)CCNC1.Cl. The summed E-state index contributed by atoms with van der Waals surface area (Å²) in [6, 6.07) is 17.1. The Labute approximate surface area is 142 Å². The Bertz CT molecular complexity index is 655. The van der Waals surface area contributed by atoms with E-state index in [0.717, 1.165) is 30.9 Å². The zero-order valence-electron chi connectivity index (χ0n) is 13.0. The van der Waals surface area contributed by atoms with E-state index >= 15 is 0 Å². The van der Waals surface area contributed by atoms with Gasteiger partial charge in [0.15, 0.2) is 0 Å². The molecule has 1 aliphatic rings. The zero-order chi connectivity index (χ0) is 15.4. The van der Waals surface area contributed by atoms with E-state index in [4.69, 9.17) is 4.74 Å². The molecule has 0 aliphatic carbocycles. The molecule has 1 amide bonds. The number of anilines is 1. The summed E-state index contributed by atoms with van der Waals surface area (Å²) in [7, 11) is 0. The predicted octanol–water partition coefficient (Wildman–Crippen LogP) is 3.84. The molecule has 1 heterocycles. The Kier molecular flexibility index (Phi) is 5.64. The fraction of sp³-hybridized carbons (Fsp3) is 0.278. The molecule has 4 nitrogen and oxygen atoms in total. The minimum Gasteiger partial charge on any atom is -0.457 e. The van der Waals surface area contributed by atoms with Crippen molar-refractivity contribution in [3.63, 3.8) is 0 Å². The molecule has 2 aromatic carbocycles. The van der Waals surface area contributed by atoms with Crippen molar-refractivity contribution in [1.82, 2.24) is 5.32 Å². The van der Waals surface area contributed by atoms with Gasteiger partial charge in [-0.2, -0.15) is 0 Å². The molecule has 0 spiro atoms. The number of carbonyl (C=O) groups is 1. The van der Waals surface area contributed by atoms with E-state index in [1.807, 2.05) is 61.5 Å². The molecule has 23 heavy (non-hydrogen) atoms. The number of hydrogen-bond acceptors (Lipinski definition) is 3. The minimum absolute atomic E-state index is 0. The van der Waals surface area contributed by atoms with Crippen molar-refractivity contribution in [2.45, 2.75) is 13.3 Å². The van der Waals surface area contributed by atoms with Crippen LogP contribution >= 0.6 is 12.4 Å². The van der Waals surface area contributed by atoms with E-state index in [2.05, 4.69) is 10.6 Å². The van der Waals surface area contributed by atoms with E-state index in [-0.39, 0.29) is 23.7 Å². The summed E-state index contributed by atoms with van der Waals surface area (Å²) in [6.45, 7) is 3.60. The number of halogens is 1. The van der Waals surface area contributed by atoms with Crippen molar-refractivity contribution in [2.75, 3.05) is 18.4 Å². The van der Waals surface area contributed by atoms with E-state index in [9.17, 15) is 4.79 Å². The topological polar surface area (TPSA) is 50.4 Å². The first-order chi connectivity index (χ1) is 10.7. The van der Waals surface area contributed by atoms with Crippen molar-refractivity contribution in [1.29, 1.82) is 0 Å². The first kappa shape index (κ1) is 17.3. The van der Waals surface area contributed by atoms with Gasteiger partial charge in [0.05, 0.1) is 5.41 Å². The largest absolute Gasteiger partial charge is 0.457 e. The molecule has 0 saturated carbocycles. The molecule has 1 aliphatic heterocycles. The van der Waals surface area contributed by atoms with Gasteiger partial charge in [-0.1, -0.05) is 24.3 Å². The monoisotopic (exact) mass is 332 g/mol. The van der Waals surface area contributed by atoms with Crippen molar-refractivity contribution in [3.05, 3.63) is 54.6 Å². The predicted molar refractivity (Wildman–Crippen MR) is 94.4 cm³/mol. The lowest BCUT2D eigenvalue weighted by molar-refractivity contribution is -0.123. The summed E-state index contributed by atoms with van der Waals surface area (Å²) in [6.07, 6.45) is 0.860. The van der Waals surface area contributed by atoms with Crippen LogP contribution in [0.3, 0.4) is 0 Å². The highest BCUT2D eigenvalue weighted by atomic mass is 35.5. The first-order valence-corrected chi connectivity index (χ1v) is 7.51. The smallest absolute Gasteiger partial charge is 0.231 e. The second kappa shape index (κ2) is 7.49. The maximum absolute atomic E-state index is 12.4. The van der Waals surface area contributed by atoms with Crippen LogP contribution in [0.5, 0.6) is 11.5 Å².